The summed E-state index contributed by atoms with van der Waals surface area (Å²) in [6.45, 7) is 3.88. The Morgan fingerprint density at radius 2 is 1.53 bits per heavy atom. The van der Waals surface area contributed by atoms with Gasteiger partial charge in [-0.1, -0.05) is 0 Å². The van der Waals surface area contributed by atoms with E-state index in [2.05, 4.69) is 20.5 Å². The molecule has 0 aliphatic carbocycles. The highest BCUT2D eigenvalue weighted by Crippen LogP contribution is 2.30. The molecule has 1 aliphatic heterocycles. The van der Waals surface area contributed by atoms with E-state index in [9.17, 15) is 18.0 Å². The van der Waals surface area contributed by atoms with Crippen LogP contribution in [0.5, 0.6) is 11.5 Å². The van der Waals surface area contributed by atoms with Crippen LogP contribution < -0.4 is 15.4 Å². The molecule has 0 atom stereocenters. The summed E-state index contributed by atoms with van der Waals surface area (Å²) in [5.41, 5.74) is 2.31. The van der Waals surface area contributed by atoms with Gasteiger partial charge in [-0.3, -0.25) is 9.88 Å². The summed E-state index contributed by atoms with van der Waals surface area (Å²) in [5.74, 6) is 1.14. The van der Waals surface area contributed by atoms with E-state index in [4.69, 9.17) is 14.5 Å². The molecule has 3 aromatic carbocycles. The zero-order valence-corrected chi connectivity index (χ0v) is 20.2. The van der Waals surface area contributed by atoms with Crippen molar-refractivity contribution in [1.82, 2.24) is 14.9 Å². The van der Waals surface area contributed by atoms with Gasteiger partial charge in [0.2, 0.25) is 0 Å². The fourth-order valence-corrected chi connectivity index (χ4v) is 3.94. The molecule has 4 aromatic rings. The number of fused-ring (bicyclic) bond motifs is 1. The molecule has 5 rings (SSSR count). The number of amides is 2. The predicted octanol–water partition coefficient (Wildman–Crippen LogP) is 5.92. The Morgan fingerprint density at radius 1 is 0.895 bits per heavy atom. The second kappa shape index (κ2) is 11.0. The molecule has 1 saturated heterocycles. The number of benzene rings is 3. The Kier molecular flexibility index (Phi) is 7.38. The van der Waals surface area contributed by atoms with Crippen LogP contribution in [0.4, 0.5) is 29.3 Å². The van der Waals surface area contributed by atoms with Crippen LogP contribution in [0.2, 0.25) is 0 Å². The lowest BCUT2D eigenvalue weighted by molar-refractivity contribution is -0.137. The zero-order valence-electron chi connectivity index (χ0n) is 20.2. The van der Waals surface area contributed by atoms with Crippen LogP contribution >= 0.6 is 0 Å². The molecule has 0 unspecified atom stereocenters. The SMILES string of the molecule is O=C(Nc1ccc(Oc2ccc3ncc(CN4CCOCC4)nc3c2)cc1)Nc1ccc(C(F)(F)F)cc1. The topological polar surface area (TPSA) is 88.6 Å². The van der Waals surface area contributed by atoms with Crippen LogP contribution in [0.15, 0.2) is 72.9 Å². The second-order valence-electron chi connectivity index (χ2n) is 8.68. The number of hydrogen-bond donors (Lipinski definition) is 2. The van der Waals surface area contributed by atoms with Crippen molar-refractivity contribution < 1.29 is 27.4 Å². The normalized spacial score (nSPS) is 14.3. The van der Waals surface area contributed by atoms with E-state index < -0.39 is 17.8 Å². The first-order valence-corrected chi connectivity index (χ1v) is 11.9. The smallest absolute Gasteiger partial charge is 0.416 e. The number of carbonyl (C=O) groups excluding carboxylic acids is 1. The van der Waals surface area contributed by atoms with E-state index in [1.54, 1.807) is 30.5 Å². The van der Waals surface area contributed by atoms with E-state index in [0.717, 1.165) is 55.2 Å². The molecule has 2 amide bonds. The summed E-state index contributed by atoms with van der Waals surface area (Å²) < 4.78 is 49.4. The molecular formula is C27H24F3N5O3. The quantitative estimate of drug-likeness (QED) is 0.326. The molecule has 0 saturated carbocycles. The van der Waals surface area contributed by atoms with Gasteiger partial charge in [-0.2, -0.15) is 13.2 Å². The van der Waals surface area contributed by atoms with E-state index in [-0.39, 0.29) is 5.69 Å². The standard InChI is InChI=1S/C27H24F3N5O3/c28-27(29,30)18-1-3-19(4-2-18)33-26(36)34-20-5-7-22(8-6-20)38-23-9-10-24-25(15-23)32-21(16-31-24)17-35-11-13-37-14-12-35/h1-10,15-16H,11-14,17H2,(H2,33,34,36). The summed E-state index contributed by atoms with van der Waals surface area (Å²) in [4.78, 5) is 23.7. The lowest BCUT2D eigenvalue weighted by Crippen LogP contribution is -2.35. The van der Waals surface area contributed by atoms with Crippen molar-refractivity contribution in [3.05, 3.63) is 84.2 Å². The molecule has 8 nitrogen and oxygen atoms in total. The third kappa shape index (κ3) is 6.55. The van der Waals surface area contributed by atoms with Crippen molar-refractivity contribution >= 4 is 28.4 Å². The van der Waals surface area contributed by atoms with Crippen LogP contribution in [0.1, 0.15) is 11.3 Å². The van der Waals surface area contributed by atoms with Gasteiger partial charge in [0.1, 0.15) is 11.5 Å². The first kappa shape index (κ1) is 25.4. The average molecular weight is 524 g/mol. The van der Waals surface area contributed by atoms with Gasteiger partial charge in [0, 0.05) is 37.1 Å². The summed E-state index contributed by atoms with van der Waals surface area (Å²) in [6, 6.07) is 15.8. The molecule has 0 spiro atoms. The van der Waals surface area contributed by atoms with E-state index in [1.165, 1.54) is 12.1 Å². The van der Waals surface area contributed by atoms with Crippen LogP contribution in [0.3, 0.4) is 0 Å². The number of urea groups is 1. The third-order valence-corrected chi connectivity index (χ3v) is 5.87. The molecule has 1 fully saturated rings. The minimum absolute atomic E-state index is 0.239. The first-order chi connectivity index (χ1) is 18.3. The van der Waals surface area contributed by atoms with Crippen molar-refractivity contribution in [2.75, 3.05) is 36.9 Å². The van der Waals surface area contributed by atoms with Crippen molar-refractivity contribution in [2.45, 2.75) is 12.7 Å². The van der Waals surface area contributed by atoms with Gasteiger partial charge >= 0.3 is 12.2 Å². The fourth-order valence-electron chi connectivity index (χ4n) is 3.94. The van der Waals surface area contributed by atoms with Gasteiger partial charge in [-0.05, 0) is 60.7 Å². The van der Waals surface area contributed by atoms with Gasteiger partial charge in [-0.25, -0.2) is 9.78 Å². The second-order valence-corrected chi connectivity index (χ2v) is 8.68. The van der Waals surface area contributed by atoms with Crippen LogP contribution in [-0.4, -0.2) is 47.2 Å². The summed E-state index contributed by atoms with van der Waals surface area (Å²) in [6.07, 6.45) is -2.64. The molecule has 2 N–H and O–H groups in total. The predicted molar refractivity (Wildman–Crippen MR) is 136 cm³/mol. The van der Waals surface area contributed by atoms with E-state index in [1.807, 2.05) is 18.2 Å². The summed E-state index contributed by atoms with van der Waals surface area (Å²) in [5, 5.41) is 5.13. The lowest BCUT2D eigenvalue weighted by atomic mass is 10.2. The van der Waals surface area contributed by atoms with Gasteiger partial charge in [-0.15, -0.1) is 0 Å². The number of carbonyl (C=O) groups is 1. The Balaban J connectivity index is 1.18. The maximum Gasteiger partial charge on any atom is 0.416 e. The summed E-state index contributed by atoms with van der Waals surface area (Å²) >= 11 is 0. The highest BCUT2D eigenvalue weighted by Gasteiger charge is 2.30. The number of rotatable bonds is 6. The molecule has 2 heterocycles. The Labute approximate surface area is 216 Å². The Bertz CT molecular complexity index is 1410. The van der Waals surface area contributed by atoms with Crippen LogP contribution in [-0.2, 0) is 17.5 Å². The number of halogens is 3. The largest absolute Gasteiger partial charge is 0.457 e. The molecule has 0 radical (unpaired) electrons. The first-order valence-electron chi connectivity index (χ1n) is 11.9. The van der Waals surface area contributed by atoms with Crippen molar-refractivity contribution in [3.63, 3.8) is 0 Å². The van der Waals surface area contributed by atoms with Gasteiger partial charge in [0.15, 0.2) is 0 Å². The highest BCUT2D eigenvalue weighted by molar-refractivity contribution is 5.99. The lowest BCUT2D eigenvalue weighted by Gasteiger charge is -2.26. The maximum absolute atomic E-state index is 12.7. The number of nitrogens with zero attached hydrogens (tertiary/aromatic N) is 3. The molecule has 196 valence electrons. The number of aromatic nitrogens is 2. The van der Waals surface area contributed by atoms with Gasteiger partial charge in [0.05, 0.1) is 41.7 Å². The van der Waals surface area contributed by atoms with Crippen molar-refractivity contribution in [3.8, 4) is 11.5 Å². The minimum Gasteiger partial charge on any atom is -0.457 e. The van der Waals surface area contributed by atoms with Crippen LogP contribution in [0.25, 0.3) is 11.0 Å². The number of anilines is 2. The van der Waals surface area contributed by atoms with Crippen LogP contribution in [0, 0.1) is 0 Å². The molecule has 11 heteroatoms. The van der Waals surface area contributed by atoms with Crippen molar-refractivity contribution in [2.24, 2.45) is 0 Å². The molecule has 38 heavy (non-hydrogen) atoms. The Morgan fingerprint density at radius 3 is 2.18 bits per heavy atom. The third-order valence-electron chi connectivity index (χ3n) is 5.87. The molecule has 0 bridgehead atoms. The van der Waals surface area contributed by atoms with E-state index in [0.29, 0.717) is 23.7 Å². The number of hydrogen-bond acceptors (Lipinski definition) is 6. The zero-order chi connectivity index (χ0) is 26.5. The average Bonchev–Trinajstić information content (AvgIpc) is 2.90. The molecule has 1 aliphatic rings. The number of ether oxygens (including phenoxy) is 2. The number of nitrogens with one attached hydrogen (secondary N) is 2. The molecular weight excluding hydrogens is 499 g/mol. The van der Waals surface area contributed by atoms with Gasteiger partial charge < -0.3 is 20.1 Å². The van der Waals surface area contributed by atoms with Gasteiger partial charge in [0.25, 0.3) is 0 Å². The van der Waals surface area contributed by atoms with Crippen molar-refractivity contribution in [1.29, 1.82) is 0 Å². The monoisotopic (exact) mass is 523 g/mol. The van der Waals surface area contributed by atoms with E-state index >= 15 is 0 Å². The minimum atomic E-state index is -4.43. The number of alkyl halides is 3. The summed E-state index contributed by atoms with van der Waals surface area (Å²) in [7, 11) is 0. The maximum atomic E-state index is 12.7. The fraction of sp³-hybridized carbons (Fsp3) is 0.222. The highest BCUT2D eigenvalue weighted by atomic mass is 19.4. The Hall–Kier alpha value is -4.22. The number of morpholine rings is 1. The molecule has 1 aromatic heterocycles.